The molecule has 0 aliphatic heterocycles. The van der Waals surface area contributed by atoms with Gasteiger partial charge in [-0.15, -0.1) is 0 Å². The zero-order chi connectivity index (χ0) is 24.9. The smallest absolute Gasteiger partial charge is 0.337 e. The van der Waals surface area contributed by atoms with Crippen molar-refractivity contribution >= 4 is 22.7 Å². The minimum Gasteiger partial charge on any atom is -0.486 e. The van der Waals surface area contributed by atoms with E-state index in [1.807, 2.05) is 45.0 Å². The summed E-state index contributed by atoms with van der Waals surface area (Å²) in [6, 6.07) is 13.7. The maximum absolute atomic E-state index is 12.2. The minimum atomic E-state index is -0.404. The summed E-state index contributed by atoms with van der Waals surface area (Å²) in [6.07, 6.45) is 3.67. The highest BCUT2D eigenvalue weighted by molar-refractivity contribution is 5.94. The van der Waals surface area contributed by atoms with Gasteiger partial charge in [-0.2, -0.15) is 0 Å². The van der Waals surface area contributed by atoms with Gasteiger partial charge in [0.25, 0.3) is 0 Å². The van der Waals surface area contributed by atoms with Crippen molar-refractivity contribution in [3.05, 3.63) is 64.9 Å². The van der Waals surface area contributed by atoms with E-state index in [1.54, 1.807) is 6.07 Å². The third-order valence-corrected chi connectivity index (χ3v) is 6.33. The van der Waals surface area contributed by atoms with Crippen molar-refractivity contribution < 1.29 is 23.5 Å². The Hall–Kier alpha value is -3.08. The number of rotatable bonds is 10. The number of esters is 1. The van der Waals surface area contributed by atoms with Gasteiger partial charge in [0.15, 0.2) is 5.78 Å². The van der Waals surface area contributed by atoms with Crippen LogP contribution in [0, 0.1) is 5.41 Å². The molecule has 0 saturated carbocycles. The molecule has 34 heavy (non-hydrogen) atoms. The Morgan fingerprint density at radius 1 is 1.03 bits per heavy atom. The second-order valence-corrected chi connectivity index (χ2v) is 9.79. The van der Waals surface area contributed by atoms with Gasteiger partial charge in [0, 0.05) is 16.7 Å². The number of carbonyl (C=O) groups excluding carboxylic acids is 2. The van der Waals surface area contributed by atoms with E-state index in [0.717, 1.165) is 53.7 Å². The van der Waals surface area contributed by atoms with Crippen LogP contribution in [0.1, 0.15) is 80.6 Å². The average Bonchev–Trinajstić information content (AvgIpc) is 3.25. The zero-order valence-electron chi connectivity index (χ0n) is 21.2. The van der Waals surface area contributed by atoms with Crippen LogP contribution < -0.4 is 4.74 Å². The topological polar surface area (TPSA) is 65.7 Å². The number of aryl methyl sites for hydroxylation is 2. The SMILES string of the molecule is CCc1cc(CCC(CC)c2cc3cc(C(=O)OC)ccc3o2)ccc1OCC(=O)C(C)(C)C. The minimum absolute atomic E-state index is 0.0916. The van der Waals surface area contributed by atoms with E-state index in [9.17, 15) is 9.59 Å². The standard InChI is InChI=1S/C29H36O5/c1-7-20(26-17-23-16-22(28(31)32-6)12-14-25(23)34-26)11-9-19-10-13-24(21(8-2)15-19)33-18-27(30)29(3,4)5/h10,12-17,20H,7-9,11,18H2,1-6H3. The van der Waals surface area contributed by atoms with Gasteiger partial charge >= 0.3 is 5.97 Å². The van der Waals surface area contributed by atoms with Crippen LogP contribution >= 0.6 is 0 Å². The Kier molecular flexibility index (Phi) is 8.19. The van der Waals surface area contributed by atoms with E-state index in [0.29, 0.717) is 5.56 Å². The maximum Gasteiger partial charge on any atom is 0.337 e. The van der Waals surface area contributed by atoms with Crippen LogP contribution in [0.25, 0.3) is 11.0 Å². The fourth-order valence-corrected chi connectivity index (χ4v) is 3.96. The molecule has 1 atom stereocenters. The van der Waals surface area contributed by atoms with Gasteiger partial charge in [-0.3, -0.25) is 4.79 Å². The molecule has 1 unspecified atom stereocenters. The summed E-state index contributed by atoms with van der Waals surface area (Å²) in [7, 11) is 1.38. The Labute approximate surface area is 202 Å². The first-order valence-electron chi connectivity index (χ1n) is 12.1. The van der Waals surface area contributed by atoms with Crippen molar-refractivity contribution in [2.45, 2.75) is 66.2 Å². The lowest BCUT2D eigenvalue weighted by Crippen LogP contribution is -2.26. The lowest BCUT2D eigenvalue weighted by atomic mass is 9.91. The van der Waals surface area contributed by atoms with E-state index in [1.165, 1.54) is 12.7 Å². The number of carbonyl (C=O) groups is 2. The van der Waals surface area contributed by atoms with Crippen LogP contribution in [0.5, 0.6) is 5.75 Å². The second kappa shape index (κ2) is 10.9. The van der Waals surface area contributed by atoms with Gasteiger partial charge in [-0.25, -0.2) is 4.79 Å². The highest BCUT2D eigenvalue weighted by Crippen LogP contribution is 2.32. The molecule has 0 saturated heterocycles. The average molecular weight is 465 g/mol. The second-order valence-electron chi connectivity index (χ2n) is 9.79. The molecule has 0 radical (unpaired) electrons. The van der Waals surface area contributed by atoms with Crippen molar-refractivity contribution in [2.75, 3.05) is 13.7 Å². The van der Waals surface area contributed by atoms with Crippen molar-refractivity contribution in [3.8, 4) is 5.75 Å². The zero-order valence-corrected chi connectivity index (χ0v) is 21.2. The molecule has 0 aliphatic carbocycles. The fourth-order valence-electron chi connectivity index (χ4n) is 3.96. The molecular formula is C29H36O5. The van der Waals surface area contributed by atoms with Crippen LogP contribution in [0.3, 0.4) is 0 Å². The van der Waals surface area contributed by atoms with Crippen LogP contribution in [-0.4, -0.2) is 25.5 Å². The fraction of sp³-hybridized carbons (Fsp3) is 0.448. The van der Waals surface area contributed by atoms with Crippen molar-refractivity contribution in [1.29, 1.82) is 0 Å². The van der Waals surface area contributed by atoms with Gasteiger partial charge in [0.2, 0.25) is 0 Å². The number of ether oxygens (including phenoxy) is 2. The number of Topliss-reactive ketones (excluding diaryl/α,β-unsaturated/α-hetero) is 1. The molecule has 0 fully saturated rings. The molecule has 3 aromatic rings. The normalized spacial score (nSPS) is 12.5. The molecular weight excluding hydrogens is 428 g/mol. The molecule has 2 aromatic carbocycles. The summed E-state index contributed by atoms with van der Waals surface area (Å²) in [5.41, 5.74) is 3.26. The van der Waals surface area contributed by atoms with Crippen LogP contribution in [0.15, 0.2) is 46.9 Å². The van der Waals surface area contributed by atoms with Crippen LogP contribution in [0.2, 0.25) is 0 Å². The molecule has 182 valence electrons. The first-order valence-corrected chi connectivity index (χ1v) is 12.1. The molecule has 0 N–H and O–H groups in total. The van der Waals surface area contributed by atoms with Gasteiger partial charge in [0.05, 0.1) is 12.7 Å². The number of ketones is 1. The first kappa shape index (κ1) is 25.5. The molecule has 3 rings (SSSR count). The van der Waals surface area contributed by atoms with Crippen molar-refractivity contribution in [3.63, 3.8) is 0 Å². The number of hydrogen-bond acceptors (Lipinski definition) is 5. The number of hydrogen-bond donors (Lipinski definition) is 0. The summed E-state index contributed by atoms with van der Waals surface area (Å²) < 4.78 is 16.8. The summed E-state index contributed by atoms with van der Waals surface area (Å²) >= 11 is 0. The number of fused-ring (bicyclic) bond motifs is 1. The molecule has 0 aliphatic rings. The third kappa shape index (κ3) is 6.07. The number of methoxy groups -OCH3 is 1. The summed E-state index contributed by atoms with van der Waals surface area (Å²) in [5, 5.41) is 0.913. The number of furan rings is 1. The van der Waals surface area contributed by atoms with Gasteiger partial charge in [-0.05, 0) is 67.1 Å². The quantitative estimate of drug-likeness (QED) is 0.305. The monoisotopic (exact) mass is 464 g/mol. The Morgan fingerprint density at radius 2 is 1.79 bits per heavy atom. The Morgan fingerprint density at radius 3 is 2.44 bits per heavy atom. The van der Waals surface area contributed by atoms with Gasteiger partial charge < -0.3 is 13.9 Å². The predicted molar refractivity (Wildman–Crippen MR) is 135 cm³/mol. The van der Waals surface area contributed by atoms with Gasteiger partial charge in [-0.1, -0.05) is 46.8 Å². The van der Waals surface area contributed by atoms with E-state index in [2.05, 4.69) is 26.0 Å². The van der Waals surface area contributed by atoms with Gasteiger partial charge in [0.1, 0.15) is 23.7 Å². The van der Waals surface area contributed by atoms with E-state index in [4.69, 9.17) is 13.9 Å². The summed E-state index contributed by atoms with van der Waals surface area (Å²) in [4.78, 5) is 24.1. The van der Waals surface area contributed by atoms with Crippen molar-refractivity contribution in [2.24, 2.45) is 5.41 Å². The summed E-state index contributed by atoms with van der Waals surface area (Å²) in [5.74, 6) is 1.75. The number of benzene rings is 2. The molecule has 5 heteroatoms. The predicted octanol–water partition coefficient (Wildman–Crippen LogP) is 6.90. The molecule has 5 nitrogen and oxygen atoms in total. The molecule has 1 aromatic heterocycles. The Balaban J connectivity index is 1.69. The third-order valence-electron chi connectivity index (χ3n) is 6.33. The van der Waals surface area contributed by atoms with E-state index < -0.39 is 5.41 Å². The van der Waals surface area contributed by atoms with E-state index >= 15 is 0 Å². The first-order chi connectivity index (χ1) is 16.2. The molecule has 0 bridgehead atoms. The van der Waals surface area contributed by atoms with E-state index in [-0.39, 0.29) is 24.3 Å². The highest BCUT2D eigenvalue weighted by Gasteiger charge is 2.22. The molecule has 1 heterocycles. The maximum atomic E-state index is 12.2. The Bertz CT molecular complexity index is 1150. The lowest BCUT2D eigenvalue weighted by Gasteiger charge is -2.18. The molecule has 0 amide bonds. The van der Waals surface area contributed by atoms with Crippen molar-refractivity contribution in [1.82, 2.24) is 0 Å². The van der Waals surface area contributed by atoms with Crippen LogP contribution in [0.4, 0.5) is 0 Å². The summed E-state index contributed by atoms with van der Waals surface area (Å²) in [6.45, 7) is 10.1. The highest BCUT2D eigenvalue weighted by atomic mass is 16.5. The largest absolute Gasteiger partial charge is 0.486 e. The van der Waals surface area contributed by atoms with Crippen LogP contribution in [-0.2, 0) is 22.4 Å². The lowest BCUT2D eigenvalue weighted by molar-refractivity contribution is -0.128. The molecule has 0 spiro atoms.